The van der Waals surface area contributed by atoms with Gasteiger partial charge in [0.05, 0.1) is 39.9 Å². The molecule has 0 saturated heterocycles. The summed E-state index contributed by atoms with van der Waals surface area (Å²) in [6.45, 7) is 4.84. The van der Waals surface area contributed by atoms with Crippen LogP contribution in [-0.4, -0.2) is 73.4 Å². The number of quaternary nitrogens is 1. The lowest BCUT2D eigenvalue weighted by molar-refractivity contribution is -0.870. The van der Waals surface area contributed by atoms with E-state index in [4.69, 9.17) is 9.05 Å². The highest BCUT2D eigenvalue weighted by molar-refractivity contribution is 7.47. The fourth-order valence-electron chi connectivity index (χ4n) is 7.57. The standard InChI is InChI=1S/C51H101N2O6P/c1-6-8-10-12-14-16-18-20-22-24-26-27-29-31-33-35-37-39-41-43-45-51(55)52-49(48-59-60(56,57)58-47-46-53(3,4)5)50(54)44-42-40-38-36-34-32-30-28-25-23-21-19-17-15-13-11-9-7-2/h26-27,42,44,49-50,54H,6-25,28-41,43,45-48H2,1-5H3,(H-,52,55,56,57)/p+1/b27-26-,44-42+. The molecule has 3 unspecified atom stereocenters. The van der Waals surface area contributed by atoms with Crippen molar-refractivity contribution in [3.63, 3.8) is 0 Å². The lowest BCUT2D eigenvalue weighted by Crippen LogP contribution is -2.45. The summed E-state index contributed by atoms with van der Waals surface area (Å²) in [4.78, 5) is 23.2. The van der Waals surface area contributed by atoms with Gasteiger partial charge in [0.1, 0.15) is 13.2 Å². The topological polar surface area (TPSA) is 105 Å². The number of allylic oxidation sites excluding steroid dienone is 3. The van der Waals surface area contributed by atoms with Gasteiger partial charge >= 0.3 is 7.82 Å². The van der Waals surface area contributed by atoms with Crippen LogP contribution in [0.2, 0.25) is 0 Å². The Bertz CT molecular complexity index is 1030. The number of likely N-dealkylation sites (N-methyl/N-ethyl adjacent to an activating group) is 1. The molecule has 3 atom stereocenters. The number of phosphoric acid groups is 1. The Labute approximate surface area is 373 Å². The number of aliphatic hydroxyl groups excluding tert-OH is 1. The van der Waals surface area contributed by atoms with Crippen molar-refractivity contribution in [2.75, 3.05) is 40.9 Å². The summed E-state index contributed by atoms with van der Waals surface area (Å²) in [5, 5.41) is 13.9. The van der Waals surface area contributed by atoms with E-state index in [1.807, 2.05) is 27.2 Å². The van der Waals surface area contributed by atoms with Crippen molar-refractivity contribution in [1.82, 2.24) is 5.32 Å². The number of amides is 1. The molecule has 0 bridgehead atoms. The van der Waals surface area contributed by atoms with Crippen LogP contribution in [0.4, 0.5) is 0 Å². The van der Waals surface area contributed by atoms with Gasteiger partial charge in [-0.2, -0.15) is 0 Å². The second-order valence-electron chi connectivity index (χ2n) is 18.9. The quantitative estimate of drug-likeness (QED) is 0.0243. The molecule has 60 heavy (non-hydrogen) atoms. The minimum absolute atomic E-state index is 0.0621. The van der Waals surface area contributed by atoms with Gasteiger partial charge in [0.25, 0.3) is 0 Å². The number of rotatable bonds is 47. The highest BCUT2D eigenvalue weighted by Gasteiger charge is 2.27. The highest BCUT2D eigenvalue weighted by atomic mass is 31.2. The van der Waals surface area contributed by atoms with Crippen molar-refractivity contribution < 1.29 is 32.9 Å². The molecule has 0 aliphatic carbocycles. The molecule has 0 aromatic carbocycles. The van der Waals surface area contributed by atoms with Crippen LogP contribution in [0.5, 0.6) is 0 Å². The minimum atomic E-state index is -4.34. The third-order valence-corrected chi connectivity index (χ3v) is 12.6. The lowest BCUT2D eigenvalue weighted by Gasteiger charge is -2.25. The monoisotopic (exact) mass is 870 g/mol. The average molecular weight is 870 g/mol. The van der Waals surface area contributed by atoms with Crippen molar-refractivity contribution >= 4 is 13.7 Å². The van der Waals surface area contributed by atoms with Crippen molar-refractivity contribution in [3.8, 4) is 0 Å². The van der Waals surface area contributed by atoms with Crippen LogP contribution in [0.1, 0.15) is 245 Å². The molecule has 3 N–H and O–H groups in total. The first-order valence-electron chi connectivity index (χ1n) is 25.7. The molecule has 356 valence electrons. The molecule has 1 amide bonds. The van der Waals surface area contributed by atoms with Crippen molar-refractivity contribution in [2.45, 2.75) is 257 Å². The highest BCUT2D eigenvalue weighted by Crippen LogP contribution is 2.43. The van der Waals surface area contributed by atoms with Gasteiger partial charge < -0.3 is 19.8 Å². The maximum absolute atomic E-state index is 12.9. The van der Waals surface area contributed by atoms with E-state index in [0.717, 1.165) is 38.5 Å². The average Bonchev–Trinajstić information content (AvgIpc) is 3.20. The summed E-state index contributed by atoms with van der Waals surface area (Å²) >= 11 is 0. The molecule has 9 heteroatoms. The number of unbranched alkanes of at least 4 members (excludes halogenated alkanes) is 32. The Morgan fingerprint density at radius 3 is 1.28 bits per heavy atom. The van der Waals surface area contributed by atoms with Gasteiger partial charge in [-0.1, -0.05) is 218 Å². The number of nitrogens with zero attached hydrogens (tertiary/aromatic N) is 1. The first-order chi connectivity index (χ1) is 29.0. The smallest absolute Gasteiger partial charge is 0.387 e. The first kappa shape index (κ1) is 59.0. The zero-order valence-electron chi connectivity index (χ0n) is 40.5. The van der Waals surface area contributed by atoms with Crippen LogP contribution in [0.15, 0.2) is 24.3 Å². The van der Waals surface area contributed by atoms with Gasteiger partial charge in [0.15, 0.2) is 0 Å². The molecule has 0 saturated carbocycles. The summed E-state index contributed by atoms with van der Waals surface area (Å²) in [6.07, 6.45) is 52.5. The molecule has 0 rings (SSSR count). The number of hydrogen-bond donors (Lipinski definition) is 3. The number of aliphatic hydroxyl groups is 1. The van der Waals surface area contributed by atoms with Gasteiger partial charge in [0.2, 0.25) is 5.91 Å². The van der Waals surface area contributed by atoms with E-state index in [2.05, 4.69) is 31.3 Å². The van der Waals surface area contributed by atoms with Crippen LogP contribution < -0.4 is 5.32 Å². The van der Waals surface area contributed by atoms with Gasteiger partial charge in [0, 0.05) is 6.42 Å². The zero-order chi connectivity index (χ0) is 44.3. The number of carbonyl (C=O) groups excluding carboxylic acids is 1. The summed E-state index contributed by atoms with van der Waals surface area (Å²) in [7, 11) is 1.58. The predicted molar refractivity (Wildman–Crippen MR) is 258 cm³/mol. The molecule has 0 fully saturated rings. The summed E-state index contributed by atoms with van der Waals surface area (Å²) < 4.78 is 23.6. The zero-order valence-corrected chi connectivity index (χ0v) is 41.4. The molecule has 8 nitrogen and oxygen atoms in total. The van der Waals surface area contributed by atoms with Crippen molar-refractivity contribution in [2.24, 2.45) is 0 Å². The van der Waals surface area contributed by atoms with E-state index in [1.54, 1.807) is 6.08 Å². The number of hydrogen-bond acceptors (Lipinski definition) is 5. The second kappa shape index (κ2) is 43.2. The Morgan fingerprint density at radius 1 is 0.550 bits per heavy atom. The normalized spacial score (nSPS) is 14.3. The number of phosphoric ester groups is 1. The third-order valence-electron chi connectivity index (χ3n) is 11.7. The Morgan fingerprint density at radius 2 is 0.900 bits per heavy atom. The second-order valence-corrected chi connectivity index (χ2v) is 20.4. The van der Waals surface area contributed by atoms with Crippen LogP contribution in [-0.2, 0) is 18.4 Å². The van der Waals surface area contributed by atoms with Crippen LogP contribution in [0.3, 0.4) is 0 Å². The maximum Gasteiger partial charge on any atom is 0.472 e. The van der Waals surface area contributed by atoms with Gasteiger partial charge in [-0.25, -0.2) is 4.57 Å². The van der Waals surface area contributed by atoms with E-state index in [9.17, 15) is 19.4 Å². The van der Waals surface area contributed by atoms with Gasteiger partial charge in [-0.15, -0.1) is 0 Å². The molecular formula is C51H102N2O6P+. The van der Waals surface area contributed by atoms with Crippen molar-refractivity contribution in [1.29, 1.82) is 0 Å². The van der Waals surface area contributed by atoms with E-state index >= 15 is 0 Å². The maximum atomic E-state index is 12.9. The minimum Gasteiger partial charge on any atom is -0.387 e. The third kappa shape index (κ3) is 45.0. The Hall–Kier alpha value is -1.02. The molecular weight excluding hydrogens is 768 g/mol. The predicted octanol–water partition coefficient (Wildman–Crippen LogP) is 14.9. The Balaban J connectivity index is 4.31. The fourth-order valence-corrected chi connectivity index (χ4v) is 8.30. The van der Waals surface area contributed by atoms with Crippen LogP contribution in [0, 0.1) is 0 Å². The molecule has 0 aliphatic rings. The van der Waals surface area contributed by atoms with E-state index in [1.165, 1.54) is 186 Å². The molecule has 0 heterocycles. The van der Waals surface area contributed by atoms with Gasteiger partial charge in [-0.3, -0.25) is 13.8 Å². The summed E-state index contributed by atoms with van der Waals surface area (Å²) in [5.74, 6) is -0.179. The lowest BCUT2D eigenvalue weighted by atomic mass is 10.0. The molecule has 0 aromatic rings. The first-order valence-corrected chi connectivity index (χ1v) is 27.2. The van der Waals surface area contributed by atoms with E-state index in [0.29, 0.717) is 17.4 Å². The fraction of sp³-hybridized carbons (Fsp3) is 0.902. The summed E-state index contributed by atoms with van der Waals surface area (Å²) in [6, 6.07) is -0.846. The summed E-state index contributed by atoms with van der Waals surface area (Å²) in [5.41, 5.74) is 0. The molecule has 0 aliphatic heterocycles. The van der Waals surface area contributed by atoms with E-state index in [-0.39, 0.29) is 19.1 Å². The van der Waals surface area contributed by atoms with E-state index < -0.39 is 20.0 Å². The number of carbonyl (C=O) groups is 1. The van der Waals surface area contributed by atoms with Crippen LogP contribution in [0.25, 0.3) is 0 Å². The molecule has 0 spiro atoms. The SMILES string of the molecule is CCCCCCCCCCC/C=C\CCCCCCCCCC(=O)NC(COP(=O)(O)OCC[N+](C)(C)C)C(O)/C=C/CCCCCCCCCCCCCCCCCC. The van der Waals surface area contributed by atoms with Crippen molar-refractivity contribution in [3.05, 3.63) is 24.3 Å². The van der Waals surface area contributed by atoms with Gasteiger partial charge in [-0.05, 0) is 44.9 Å². The number of nitrogens with one attached hydrogen (secondary N) is 1. The molecule has 0 aromatic heterocycles. The van der Waals surface area contributed by atoms with Crippen LogP contribution >= 0.6 is 7.82 Å². The molecule has 0 radical (unpaired) electrons. The Kier molecular flexibility index (Phi) is 42.5. The largest absolute Gasteiger partial charge is 0.472 e.